The fourth-order valence-corrected chi connectivity index (χ4v) is 2.78. The minimum Gasteiger partial charge on any atom is -0.268 e. The lowest BCUT2D eigenvalue weighted by atomic mass is 10.1. The zero-order chi connectivity index (χ0) is 13.9. The molecule has 0 aliphatic heterocycles. The molecule has 0 spiro atoms. The number of hydrogen-bond acceptors (Lipinski definition) is 3. The zero-order valence-corrected chi connectivity index (χ0v) is 11.9. The highest BCUT2D eigenvalue weighted by atomic mass is 32.1. The molecule has 0 aliphatic carbocycles. The van der Waals surface area contributed by atoms with Gasteiger partial charge in [0.25, 0.3) is 5.56 Å². The van der Waals surface area contributed by atoms with E-state index in [9.17, 15) is 4.79 Å². The van der Waals surface area contributed by atoms with E-state index in [0.29, 0.717) is 6.42 Å². The molecule has 0 fully saturated rings. The third-order valence-electron chi connectivity index (χ3n) is 3.17. The second-order valence-corrected chi connectivity index (χ2v) is 5.76. The Labute approximate surface area is 120 Å². The van der Waals surface area contributed by atoms with E-state index in [1.165, 1.54) is 10.4 Å². The van der Waals surface area contributed by atoms with Crippen molar-refractivity contribution in [3.8, 4) is 11.3 Å². The SMILES string of the molecule is Cc1ccc(-c2cc(Cc3cccs3)c(=O)[nH]n2)cc1. The predicted molar refractivity (Wildman–Crippen MR) is 82.2 cm³/mol. The molecule has 0 atom stereocenters. The molecule has 0 bridgehead atoms. The summed E-state index contributed by atoms with van der Waals surface area (Å²) in [6, 6.07) is 14.0. The average molecular weight is 282 g/mol. The number of nitrogens with one attached hydrogen (secondary N) is 1. The topological polar surface area (TPSA) is 45.8 Å². The lowest BCUT2D eigenvalue weighted by molar-refractivity contribution is 0.959. The summed E-state index contributed by atoms with van der Waals surface area (Å²) in [5, 5.41) is 8.75. The third kappa shape index (κ3) is 2.70. The van der Waals surface area contributed by atoms with Crippen LogP contribution in [0.3, 0.4) is 0 Å². The highest BCUT2D eigenvalue weighted by Crippen LogP contribution is 2.19. The largest absolute Gasteiger partial charge is 0.268 e. The molecule has 1 N–H and O–H groups in total. The maximum Gasteiger partial charge on any atom is 0.267 e. The van der Waals surface area contributed by atoms with E-state index in [2.05, 4.69) is 10.2 Å². The van der Waals surface area contributed by atoms with Crippen LogP contribution in [0.1, 0.15) is 16.0 Å². The number of aromatic amines is 1. The highest BCUT2D eigenvalue weighted by molar-refractivity contribution is 7.09. The van der Waals surface area contributed by atoms with E-state index in [1.807, 2.05) is 54.8 Å². The van der Waals surface area contributed by atoms with Crippen LogP contribution >= 0.6 is 11.3 Å². The van der Waals surface area contributed by atoms with Crippen molar-refractivity contribution in [2.75, 3.05) is 0 Å². The molecular weight excluding hydrogens is 268 g/mol. The van der Waals surface area contributed by atoms with Gasteiger partial charge in [-0.05, 0) is 24.4 Å². The maximum absolute atomic E-state index is 11.9. The van der Waals surface area contributed by atoms with Gasteiger partial charge in [-0.1, -0.05) is 35.9 Å². The Morgan fingerprint density at radius 2 is 2.00 bits per heavy atom. The van der Waals surface area contributed by atoms with Crippen molar-refractivity contribution in [3.05, 3.63) is 74.2 Å². The molecule has 0 unspecified atom stereocenters. The Morgan fingerprint density at radius 3 is 2.70 bits per heavy atom. The zero-order valence-electron chi connectivity index (χ0n) is 11.1. The third-order valence-corrected chi connectivity index (χ3v) is 4.05. The summed E-state index contributed by atoms with van der Waals surface area (Å²) in [6.07, 6.45) is 0.647. The molecule has 0 aliphatic rings. The molecule has 2 aromatic heterocycles. The van der Waals surface area contributed by atoms with Gasteiger partial charge in [0.05, 0.1) is 5.69 Å². The highest BCUT2D eigenvalue weighted by Gasteiger charge is 2.07. The van der Waals surface area contributed by atoms with Gasteiger partial charge in [-0.25, -0.2) is 5.10 Å². The van der Waals surface area contributed by atoms with E-state index >= 15 is 0 Å². The second-order valence-electron chi connectivity index (χ2n) is 4.73. The fraction of sp³-hybridized carbons (Fsp3) is 0.125. The first kappa shape index (κ1) is 12.8. The van der Waals surface area contributed by atoms with E-state index in [4.69, 9.17) is 0 Å². The molecular formula is C16H14N2OS. The maximum atomic E-state index is 11.9. The van der Waals surface area contributed by atoms with Crippen LogP contribution in [0.2, 0.25) is 0 Å². The normalized spacial score (nSPS) is 10.7. The summed E-state index contributed by atoms with van der Waals surface area (Å²) >= 11 is 1.66. The Balaban J connectivity index is 1.97. The molecule has 3 nitrogen and oxygen atoms in total. The summed E-state index contributed by atoms with van der Waals surface area (Å²) < 4.78 is 0. The molecule has 2 heterocycles. The van der Waals surface area contributed by atoms with Gasteiger partial charge in [0.15, 0.2) is 0 Å². The van der Waals surface area contributed by atoms with Gasteiger partial charge in [-0.3, -0.25) is 4.79 Å². The van der Waals surface area contributed by atoms with Crippen molar-refractivity contribution in [3.63, 3.8) is 0 Å². The number of thiophene rings is 1. The van der Waals surface area contributed by atoms with Crippen LogP contribution in [0, 0.1) is 6.92 Å². The van der Waals surface area contributed by atoms with Gasteiger partial charge in [0, 0.05) is 22.4 Å². The van der Waals surface area contributed by atoms with Gasteiger partial charge < -0.3 is 0 Å². The van der Waals surface area contributed by atoms with E-state index in [1.54, 1.807) is 11.3 Å². The predicted octanol–water partition coefficient (Wildman–Crippen LogP) is 3.40. The first-order chi connectivity index (χ1) is 9.72. The van der Waals surface area contributed by atoms with Crippen LogP contribution in [0.4, 0.5) is 0 Å². The number of H-pyrrole nitrogens is 1. The van der Waals surface area contributed by atoms with Crippen LogP contribution in [-0.4, -0.2) is 10.2 Å². The Morgan fingerprint density at radius 1 is 1.20 bits per heavy atom. The van der Waals surface area contributed by atoms with Crippen LogP contribution in [0.25, 0.3) is 11.3 Å². The summed E-state index contributed by atoms with van der Waals surface area (Å²) in [5.74, 6) is 0. The Hall–Kier alpha value is -2.20. The van der Waals surface area contributed by atoms with Crippen molar-refractivity contribution >= 4 is 11.3 Å². The van der Waals surface area contributed by atoms with Gasteiger partial charge in [-0.2, -0.15) is 5.10 Å². The molecule has 1 aromatic carbocycles. The Bertz CT molecular complexity index is 758. The van der Waals surface area contributed by atoms with Crippen LogP contribution in [-0.2, 0) is 6.42 Å². The van der Waals surface area contributed by atoms with Crippen molar-refractivity contribution in [1.82, 2.24) is 10.2 Å². The van der Waals surface area contributed by atoms with Crippen LogP contribution < -0.4 is 5.56 Å². The number of nitrogens with zero attached hydrogens (tertiary/aromatic N) is 1. The summed E-state index contributed by atoms with van der Waals surface area (Å²) in [6.45, 7) is 2.05. The smallest absolute Gasteiger partial charge is 0.267 e. The number of rotatable bonds is 3. The number of hydrogen-bond donors (Lipinski definition) is 1. The van der Waals surface area contributed by atoms with Gasteiger partial charge >= 0.3 is 0 Å². The average Bonchev–Trinajstić information content (AvgIpc) is 2.95. The van der Waals surface area contributed by atoms with Crippen molar-refractivity contribution in [1.29, 1.82) is 0 Å². The van der Waals surface area contributed by atoms with Crippen molar-refractivity contribution in [2.24, 2.45) is 0 Å². The number of aromatic nitrogens is 2. The van der Waals surface area contributed by atoms with Gasteiger partial charge in [0.2, 0.25) is 0 Å². The molecule has 0 amide bonds. The molecule has 0 saturated heterocycles. The minimum atomic E-state index is -0.116. The summed E-state index contributed by atoms with van der Waals surface area (Å²) in [5.41, 5.74) is 3.65. The number of aryl methyl sites for hydroxylation is 1. The van der Waals surface area contributed by atoms with Crippen LogP contribution in [0.5, 0.6) is 0 Å². The van der Waals surface area contributed by atoms with E-state index < -0.39 is 0 Å². The first-order valence-corrected chi connectivity index (χ1v) is 7.28. The van der Waals surface area contributed by atoms with Gasteiger partial charge in [-0.15, -0.1) is 11.3 Å². The fourth-order valence-electron chi connectivity index (χ4n) is 2.05. The summed E-state index contributed by atoms with van der Waals surface area (Å²) in [4.78, 5) is 13.0. The lowest BCUT2D eigenvalue weighted by Gasteiger charge is -2.03. The lowest BCUT2D eigenvalue weighted by Crippen LogP contribution is -2.14. The summed E-state index contributed by atoms with van der Waals surface area (Å²) in [7, 11) is 0. The first-order valence-electron chi connectivity index (χ1n) is 6.40. The molecule has 100 valence electrons. The molecule has 0 saturated carbocycles. The molecule has 3 rings (SSSR count). The monoisotopic (exact) mass is 282 g/mol. The van der Waals surface area contributed by atoms with E-state index in [0.717, 1.165) is 16.8 Å². The quantitative estimate of drug-likeness (QED) is 0.800. The minimum absolute atomic E-state index is 0.116. The molecule has 4 heteroatoms. The molecule has 0 radical (unpaired) electrons. The van der Waals surface area contributed by atoms with Gasteiger partial charge in [0.1, 0.15) is 0 Å². The second kappa shape index (κ2) is 5.43. The molecule has 3 aromatic rings. The number of benzene rings is 1. The van der Waals surface area contributed by atoms with E-state index in [-0.39, 0.29) is 5.56 Å². The standard InChI is InChI=1S/C16H14N2OS/c1-11-4-6-12(7-5-11)15-10-13(16(19)18-17-15)9-14-3-2-8-20-14/h2-8,10H,9H2,1H3,(H,18,19). The molecule has 20 heavy (non-hydrogen) atoms. The van der Waals surface area contributed by atoms with Crippen LogP contribution in [0.15, 0.2) is 52.6 Å². The van der Waals surface area contributed by atoms with Crippen molar-refractivity contribution < 1.29 is 0 Å². The Kier molecular flexibility index (Phi) is 3.48. The van der Waals surface area contributed by atoms with Crippen molar-refractivity contribution in [2.45, 2.75) is 13.3 Å².